The number of nitrogens with zero attached hydrogens (tertiary/aromatic N) is 1. The number of aromatic nitrogens is 1. The molecule has 0 saturated heterocycles. The van der Waals surface area contributed by atoms with Crippen molar-refractivity contribution in [3.05, 3.63) is 24.0 Å². The lowest BCUT2D eigenvalue weighted by Gasteiger charge is -1.95. The highest BCUT2D eigenvalue weighted by molar-refractivity contribution is 5.71. The zero-order valence-corrected chi connectivity index (χ0v) is 5.59. The Morgan fingerprint density at radius 3 is 3.00 bits per heavy atom. The molecule has 0 aliphatic carbocycles. The van der Waals surface area contributed by atoms with Gasteiger partial charge in [-0.1, -0.05) is 0 Å². The first-order valence-corrected chi connectivity index (χ1v) is 2.88. The molecule has 1 aromatic heterocycles. The minimum absolute atomic E-state index is 0.676. The second kappa shape index (κ2) is 2.96. The zero-order valence-electron chi connectivity index (χ0n) is 5.59. The maximum Gasteiger partial charge on any atom is 0.314 e. The molecule has 1 amide bonds. The summed E-state index contributed by atoms with van der Waals surface area (Å²) in [5.74, 6) is 0. The third-order valence-electron chi connectivity index (χ3n) is 1.07. The quantitative estimate of drug-likeness (QED) is 0.611. The minimum atomic E-state index is 0.676. The molecular formula is C7H7N2O. The van der Waals surface area contributed by atoms with Crippen LogP contribution in [0.5, 0.6) is 0 Å². The van der Waals surface area contributed by atoms with E-state index >= 15 is 0 Å². The molecule has 1 heterocycles. The van der Waals surface area contributed by atoms with Crippen LogP contribution in [0.15, 0.2) is 18.5 Å². The number of nitrogens with one attached hydrogen (secondary N) is 1. The molecule has 0 spiro atoms. The van der Waals surface area contributed by atoms with Crippen LogP contribution in [-0.4, -0.2) is 11.4 Å². The van der Waals surface area contributed by atoms with Crippen LogP contribution in [-0.2, 0) is 4.79 Å². The van der Waals surface area contributed by atoms with Crippen molar-refractivity contribution < 1.29 is 4.79 Å². The summed E-state index contributed by atoms with van der Waals surface area (Å²) in [7, 11) is 0. The molecule has 1 aromatic rings. The van der Waals surface area contributed by atoms with E-state index in [0.717, 1.165) is 5.56 Å². The van der Waals surface area contributed by atoms with E-state index < -0.39 is 0 Å². The summed E-state index contributed by atoms with van der Waals surface area (Å²) in [6.07, 6.45) is 4.86. The standard InChI is InChI=1S/C7H7N2O/c1-6-2-7(9-5-10)4-8-3-6/h2-4H,1H3,(H,9,10). The van der Waals surface area contributed by atoms with Crippen molar-refractivity contribution in [2.24, 2.45) is 0 Å². The number of aryl methyl sites for hydroxylation is 1. The molecule has 0 aliphatic heterocycles. The highest BCUT2D eigenvalue weighted by Gasteiger charge is 1.89. The maximum atomic E-state index is 9.82. The van der Waals surface area contributed by atoms with E-state index in [1.165, 1.54) is 0 Å². The van der Waals surface area contributed by atoms with Crippen LogP contribution in [0.2, 0.25) is 0 Å². The molecule has 1 radical (unpaired) electrons. The molecule has 51 valence electrons. The van der Waals surface area contributed by atoms with E-state index in [1.54, 1.807) is 18.8 Å². The number of anilines is 1. The second-order valence-corrected chi connectivity index (χ2v) is 1.98. The minimum Gasteiger partial charge on any atom is -0.316 e. The predicted octanol–water partition coefficient (Wildman–Crippen LogP) is 0.869. The van der Waals surface area contributed by atoms with Crippen LogP contribution >= 0.6 is 0 Å². The van der Waals surface area contributed by atoms with Crippen LogP contribution in [0.3, 0.4) is 0 Å². The van der Waals surface area contributed by atoms with Gasteiger partial charge in [0.25, 0.3) is 0 Å². The molecule has 0 unspecified atom stereocenters. The Morgan fingerprint density at radius 1 is 1.60 bits per heavy atom. The van der Waals surface area contributed by atoms with E-state index in [1.807, 2.05) is 13.0 Å². The summed E-state index contributed by atoms with van der Waals surface area (Å²) in [6, 6.07) is 1.82. The average molecular weight is 135 g/mol. The SMILES string of the molecule is Cc1cncc(N[C]=O)c1. The Hall–Kier alpha value is -1.38. The van der Waals surface area contributed by atoms with Crippen LogP contribution in [0, 0.1) is 6.92 Å². The van der Waals surface area contributed by atoms with E-state index in [2.05, 4.69) is 10.3 Å². The molecule has 0 aromatic carbocycles. The first-order chi connectivity index (χ1) is 4.83. The molecule has 3 heteroatoms. The fraction of sp³-hybridized carbons (Fsp3) is 0.143. The molecule has 0 aliphatic rings. The third kappa shape index (κ3) is 1.55. The van der Waals surface area contributed by atoms with Crippen molar-refractivity contribution in [1.29, 1.82) is 0 Å². The lowest BCUT2D eigenvalue weighted by molar-refractivity contribution is 0.561. The van der Waals surface area contributed by atoms with Gasteiger partial charge in [0, 0.05) is 6.20 Å². The monoisotopic (exact) mass is 135 g/mol. The van der Waals surface area contributed by atoms with Crippen molar-refractivity contribution in [2.45, 2.75) is 6.92 Å². The molecule has 3 nitrogen and oxygen atoms in total. The van der Waals surface area contributed by atoms with E-state index in [-0.39, 0.29) is 0 Å². The molecular weight excluding hydrogens is 128 g/mol. The maximum absolute atomic E-state index is 9.82. The second-order valence-electron chi connectivity index (χ2n) is 1.98. The van der Waals surface area contributed by atoms with Crippen molar-refractivity contribution in [3.8, 4) is 0 Å². The Morgan fingerprint density at radius 2 is 2.40 bits per heavy atom. The van der Waals surface area contributed by atoms with Crippen LogP contribution < -0.4 is 5.32 Å². The van der Waals surface area contributed by atoms with Gasteiger partial charge in [0.2, 0.25) is 0 Å². The van der Waals surface area contributed by atoms with Crippen LogP contribution in [0.25, 0.3) is 0 Å². The number of hydrogen-bond donors (Lipinski definition) is 1. The van der Waals surface area contributed by atoms with E-state index in [4.69, 9.17) is 0 Å². The van der Waals surface area contributed by atoms with Gasteiger partial charge >= 0.3 is 6.41 Å². The third-order valence-corrected chi connectivity index (χ3v) is 1.07. The van der Waals surface area contributed by atoms with Gasteiger partial charge in [0.05, 0.1) is 11.9 Å². The Balaban J connectivity index is 2.84. The predicted molar refractivity (Wildman–Crippen MR) is 38.3 cm³/mol. The van der Waals surface area contributed by atoms with Gasteiger partial charge < -0.3 is 5.32 Å². The number of pyridine rings is 1. The number of amides is 1. The molecule has 0 saturated carbocycles. The molecule has 1 rings (SSSR count). The Kier molecular flexibility index (Phi) is 1.99. The summed E-state index contributed by atoms with van der Waals surface area (Å²) in [5.41, 5.74) is 1.69. The Bertz CT molecular complexity index is 235. The number of hydrogen-bond acceptors (Lipinski definition) is 2. The largest absolute Gasteiger partial charge is 0.316 e. The average Bonchev–Trinajstić information content (AvgIpc) is 1.88. The summed E-state index contributed by atoms with van der Waals surface area (Å²) in [4.78, 5) is 13.7. The normalized spacial score (nSPS) is 8.90. The van der Waals surface area contributed by atoms with Crippen LogP contribution in [0.4, 0.5) is 5.69 Å². The van der Waals surface area contributed by atoms with Crippen molar-refractivity contribution in [3.63, 3.8) is 0 Å². The number of rotatable bonds is 2. The van der Waals surface area contributed by atoms with Crippen molar-refractivity contribution >= 4 is 12.1 Å². The smallest absolute Gasteiger partial charge is 0.314 e. The Labute approximate surface area is 59.1 Å². The highest BCUT2D eigenvalue weighted by atomic mass is 16.1. The molecule has 10 heavy (non-hydrogen) atoms. The van der Waals surface area contributed by atoms with Gasteiger partial charge in [0.15, 0.2) is 0 Å². The van der Waals surface area contributed by atoms with E-state index in [9.17, 15) is 4.79 Å². The van der Waals surface area contributed by atoms with Crippen molar-refractivity contribution in [2.75, 3.05) is 5.32 Å². The summed E-state index contributed by atoms with van der Waals surface area (Å²) < 4.78 is 0. The summed E-state index contributed by atoms with van der Waals surface area (Å²) in [5, 5.41) is 2.38. The molecule has 0 bridgehead atoms. The fourth-order valence-corrected chi connectivity index (χ4v) is 0.682. The fourth-order valence-electron chi connectivity index (χ4n) is 0.682. The lowest BCUT2D eigenvalue weighted by Crippen LogP contribution is -1.93. The topological polar surface area (TPSA) is 42.0 Å². The van der Waals surface area contributed by atoms with Gasteiger partial charge in [-0.3, -0.25) is 9.78 Å². The molecule has 0 atom stereocenters. The van der Waals surface area contributed by atoms with Gasteiger partial charge in [-0.2, -0.15) is 0 Å². The summed E-state index contributed by atoms with van der Waals surface area (Å²) in [6.45, 7) is 1.91. The summed E-state index contributed by atoms with van der Waals surface area (Å²) >= 11 is 0. The zero-order chi connectivity index (χ0) is 7.40. The number of carbonyl (C=O) groups excluding carboxylic acids is 1. The lowest BCUT2D eigenvalue weighted by atomic mass is 10.3. The first-order valence-electron chi connectivity index (χ1n) is 2.88. The molecule has 0 fully saturated rings. The van der Waals surface area contributed by atoms with Gasteiger partial charge in [0.1, 0.15) is 0 Å². The van der Waals surface area contributed by atoms with Gasteiger partial charge in [-0.15, -0.1) is 0 Å². The first kappa shape index (κ1) is 6.74. The van der Waals surface area contributed by atoms with Gasteiger partial charge in [-0.05, 0) is 18.6 Å². The van der Waals surface area contributed by atoms with Crippen LogP contribution in [0.1, 0.15) is 5.56 Å². The van der Waals surface area contributed by atoms with Crippen molar-refractivity contribution in [1.82, 2.24) is 4.98 Å². The molecule has 1 N–H and O–H groups in total. The van der Waals surface area contributed by atoms with E-state index in [0.29, 0.717) is 5.69 Å². The van der Waals surface area contributed by atoms with Gasteiger partial charge in [-0.25, -0.2) is 0 Å². The highest BCUT2D eigenvalue weighted by Crippen LogP contribution is 2.04.